The first-order valence-corrected chi connectivity index (χ1v) is 5.23. The van der Waals surface area contributed by atoms with Crippen LogP contribution < -0.4 is 5.32 Å². The van der Waals surface area contributed by atoms with Gasteiger partial charge in [-0.15, -0.1) is 0 Å². The molecule has 0 amide bonds. The monoisotopic (exact) mass is 241 g/mol. The lowest BCUT2D eigenvalue weighted by molar-refractivity contribution is -0.192. The molecule has 0 aromatic carbocycles. The predicted octanol–water partition coefficient (Wildman–Crippen LogP) is 2.27. The summed E-state index contributed by atoms with van der Waals surface area (Å²) in [4.78, 5) is 10.4. The molecule has 0 fully saturated rings. The van der Waals surface area contributed by atoms with E-state index >= 15 is 0 Å². The van der Waals surface area contributed by atoms with E-state index in [9.17, 15) is 18.0 Å². The minimum absolute atomic E-state index is 0.130. The molecule has 0 aliphatic carbocycles. The molecule has 0 rings (SSSR count). The summed E-state index contributed by atoms with van der Waals surface area (Å²) >= 11 is 0. The number of aliphatic carboxylic acids is 1. The highest BCUT2D eigenvalue weighted by atomic mass is 19.4. The fourth-order valence-corrected chi connectivity index (χ4v) is 1.20. The van der Waals surface area contributed by atoms with Crippen LogP contribution in [0.5, 0.6) is 0 Å². The SMILES string of the molecule is CCC(C)C(C)NCC(C(=O)O)C(F)(F)F. The van der Waals surface area contributed by atoms with Gasteiger partial charge in [-0.1, -0.05) is 20.3 Å². The molecule has 3 nitrogen and oxygen atoms in total. The van der Waals surface area contributed by atoms with Gasteiger partial charge in [0, 0.05) is 12.6 Å². The van der Waals surface area contributed by atoms with E-state index in [-0.39, 0.29) is 12.0 Å². The Labute approximate surface area is 93.0 Å². The molecule has 0 aromatic heterocycles. The maximum Gasteiger partial charge on any atom is 0.403 e. The van der Waals surface area contributed by atoms with E-state index in [2.05, 4.69) is 5.32 Å². The Morgan fingerprint density at radius 1 is 1.38 bits per heavy atom. The summed E-state index contributed by atoms with van der Waals surface area (Å²) in [6, 6.07) is -0.130. The normalized spacial score (nSPS) is 17.9. The van der Waals surface area contributed by atoms with E-state index in [1.165, 1.54) is 0 Å². The number of carboxylic acid groups (broad SMARTS) is 1. The smallest absolute Gasteiger partial charge is 0.403 e. The van der Waals surface area contributed by atoms with Crippen LogP contribution in [0.1, 0.15) is 27.2 Å². The number of nitrogens with one attached hydrogen (secondary N) is 1. The van der Waals surface area contributed by atoms with Crippen molar-refractivity contribution in [2.24, 2.45) is 11.8 Å². The number of rotatable bonds is 6. The van der Waals surface area contributed by atoms with Crippen molar-refractivity contribution in [2.75, 3.05) is 6.54 Å². The van der Waals surface area contributed by atoms with E-state index in [1.807, 2.05) is 13.8 Å². The molecule has 0 aliphatic rings. The van der Waals surface area contributed by atoms with Gasteiger partial charge in [-0.05, 0) is 12.8 Å². The Morgan fingerprint density at radius 3 is 2.19 bits per heavy atom. The molecule has 0 aromatic rings. The first kappa shape index (κ1) is 15.2. The van der Waals surface area contributed by atoms with E-state index in [1.54, 1.807) is 6.92 Å². The van der Waals surface area contributed by atoms with Crippen molar-refractivity contribution in [3.8, 4) is 0 Å². The molecule has 0 saturated heterocycles. The minimum Gasteiger partial charge on any atom is -0.481 e. The van der Waals surface area contributed by atoms with Gasteiger partial charge < -0.3 is 10.4 Å². The van der Waals surface area contributed by atoms with E-state index in [0.717, 1.165) is 6.42 Å². The fraction of sp³-hybridized carbons (Fsp3) is 0.900. The average Bonchev–Trinajstić information content (AvgIpc) is 2.13. The summed E-state index contributed by atoms with van der Waals surface area (Å²) in [6.07, 6.45) is -3.87. The Kier molecular flexibility index (Phi) is 5.78. The Morgan fingerprint density at radius 2 is 1.88 bits per heavy atom. The van der Waals surface area contributed by atoms with Crippen molar-refractivity contribution in [2.45, 2.75) is 39.4 Å². The molecular formula is C10H18F3NO2. The first-order chi connectivity index (χ1) is 7.20. The molecule has 0 aliphatic heterocycles. The molecule has 0 spiro atoms. The second-order valence-corrected chi connectivity index (χ2v) is 4.01. The maximum atomic E-state index is 12.3. The van der Waals surface area contributed by atoms with Gasteiger partial charge in [-0.2, -0.15) is 13.2 Å². The molecule has 96 valence electrons. The number of halogens is 3. The van der Waals surface area contributed by atoms with E-state index in [4.69, 9.17) is 5.11 Å². The number of hydrogen-bond donors (Lipinski definition) is 2. The summed E-state index contributed by atoms with van der Waals surface area (Å²) in [5.41, 5.74) is 0. The Balaban J connectivity index is 4.29. The van der Waals surface area contributed by atoms with Gasteiger partial charge in [0.15, 0.2) is 5.92 Å². The molecule has 0 heterocycles. The number of hydrogen-bond acceptors (Lipinski definition) is 2. The first-order valence-electron chi connectivity index (χ1n) is 5.23. The third kappa shape index (κ3) is 4.83. The zero-order valence-corrected chi connectivity index (χ0v) is 9.64. The van der Waals surface area contributed by atoms with Crippen molar-refractivity contribution >= 4 is 5.97 Å². The molecule has 0 radical (unpaired) electrons. The zero-order valence-electron chi connectivity index (χ0n) is 9.64. The minimum atomic E-state index is -4.70. The fourth-order valence-electron chi connectivity index (χ4n) is 1.20. The van der Waals surface area contributed by atoms with Gasteiger partial charge in [0.1, 0.15) is 0 Å². The van der Waals surface area contributed by atoms with Crippen LogP contribution in [-0.4, -0.2) is 29.8 Å². The molecule has 2 N–H and O–H groups in total. The molecule has 3 atom stereocenters. The summed E-state index contributed by atoms with van der Waals surface area (Å²) in [6.45, 7) is 5.01. The van der Waals surface area contributed by atoms with Crippen molar-refractivity contribution < 1.29 is 23.1 Å². The van der Waals surface area contributed by atoms with Crippen molar-refractivity contribution in [3.05, 3.63) is 0 Å². The highest BCUT2D eigenvalue weighted by molar-refractivity contribution is 5.71. The van der Waals surface area contributed by atoms with Crippen LogP contribution in [0.3, 0.4) is 0 Å². The van der Waals surface area contributed by atoms with Crippen LogP contribution in [0.25, 0.3) is 0 Å². The van der Waals surface area contributed by atoms with Crippen LogP contribution in [0.15, 0.2) is 0 Å². The van der Waals surface area contributed by atoms with Gasteiger partial charge in [0.2, 0.25) is 0 Å². The van der Waals surface area contributed by atoms with E-state index in [0.29, 0.717) is 0 Å². The molecule has 0 saturated carbocycles. The van der Waals surface area contributed by atoms with Crippen LogP contribution in [0.4, 0.5) is 13.2 Å². The zero-order chi connectivity index (χ0) is 12.9. The van der Waals surface area contributed by atoms with Gasteiger partial charge in [0.25, 0.3) is 0 Å². The van der Waals surface area contributed by atoms with Crippen LogP contribution in [0.2, 0.25) is 0 Å². The van der Waals surface area contributed by atoms with Crippen molar-refractivity contribution in [1.29, 1.82) is 0 Å². The van der Waals surface area contributed by atoms with Crippen molar-refractivity contribution in [3.63, 3.8) is 0 Å². The summed E-state index contributed by atoms with van der Waals surface area (Å²) < 4.78 is 36.9. The van der Waals surface area contributed by atoms with Gasteiger partial charge in [0.05, 0.1) is 0 Å². The lowest BCUT2D eigenvalue weighted by atomic mass is 10.00. The van der Waals surface area contributed by atoms with Crippen LogP contribution >= 0.6 is 0 Å². The Bertz CT molecular complexity index is 231. The summed E-state index contributed by atoms with van der Waals surface area (Å²) in [5, 5.41) is 11.1. The second-order valence-electron chi connectivity index (χ2n) is 4.01. The lowest BCUT2D eigenvalue weighted by Gasteiger charge is -2.23. The summed E-state index contributed by atoms with van der Waals surface area (Å²) in [5.74, 6) is -3.96. The molecule has 16 heavy (non-hydrogen) atoms. The predicted molar refractivity (Wildman–Crippen MR) is 54.1 cm³/mol. The number of carboxylic acids is 1. The largest absolute Gasteiger partial charge is 0.481 e. The second kappa shape index (κ2) is 6.08. The maximum absolute atomic E-state index is 12.3. The van der Waals surface area contributed by atoms with Gasteiger partial charge in [-0.25, -0.2) is 0 Å². The molecular weight excluding hydrogens is 223 g/mol. The van der Waals surface area contributed by atoms with Crippen molar-refractivity contribution in [1.82, 2.24) is 5.32 Å². The molecule has 3 unspecified atom stereocenters. The highest BCUT2D eigenvalue weighted by Gasteiger charge is 2.44. The van der Waals surface area contributed by atoms with Crippen LogP contribution in [0, 0.1) is 11.8 Å². The standard InChI is InChI=1S/C10H18F3NO2/c1-4-6(2)7(3)14-5-8(9(15)16)10(11,12)13/h6-8,14H,4-5H2,1-3H3,(H,15,16). The van der Waals surface area contributed by atoms with Gasteiger partial charge >= 0.3 is 12.1 Å². The summed E-state index contributed by atoms with van der Waals surface area (Å²) in [7, 11) is 0. The van der Waals surface area contributed by atoms with E-state index < -0.39 is 24.6 Å². The van der Waals surface area contributed by atoms with Gasteiger partial charge in [-0.3, -0.25) is 4.79 Å². The van der Waals surface area contributed by atoms with Crippen LogP contribution in [-0.2, 0) is 4.79 Å². The Hall–Kier alpha value is -0.780. The number of alkyl halides is 3. The quantitative estimate of drug-likeness (QED) is 0.750. The third-order valence-electron chi connectivity index (χ3n) is 2.83. The lowest BCUT2D eigenvalue weighted by Crippen LogP contribution is -2.43. The molecule has 6 heteroatoms. The third-order valence-corrected chi connectivity index (χ3v) is 2.83. The topological polar surface area (TPSA) is 49.3 Å². The number of carbonyl (C=O) groups is 1. The average molecular weight is 241 g/mol. The molecule has 0 bridgehead atoms. The highest BCUT2D eigenvalue weighted by Crippen LogP contribution is 2.26.